The number of rotatable bonds is 4. The molecule has 25 heavy (non-hydrogen) atoms. The molecule has 3 aromatic rings. The SMILES string of the molecule is c1ccc(CN2CCOC(c3ccccc3)=C2c2ccccc2)cc1. The fraction of sp³-hybridized carbons (Fsp3) is 0.130. The third kappa shape index (κ3) is 3.43. The fourth-order valence-corrected chi connectivity index (χ4v) is 3.26. The van der Waals surface area contributed by atoms with Crippen LogP contribution in [0.2, 0.25) is 0 Å². The molecule has 0 unspecified atom stereocenters. The Balaban J connectivity index is 1.80. The van der Waals surface area contributed by atoms with Crippen LogP contribution in [0, 0.1) is 0 Å². The summed E-state index contributed by atoms with van der Waals surface area (Å²) >= 11 is 0. The molecule has 4 rings (SSSR count). The van der Waals surface area contributed by atoms with Gasteiger partial charge in [-0.05, 0) is 5.56 Å². The summed E-state index contributed by atoms with van der Waals surface area (Å²) in [6, 6.07) is 31.5. The second kappa shape index (κ2) is 7.27. The van der Waals surface area contributed by atoms with Crippen molar-refractivity contribution < 1.29 is 4.74 Å². The Bertz CT molecular complexity index is 841. The van der Waals surface area contributed by atoms with Crippen molar-refractivity contribution in [2.45, 2.75) is 6.54 Å². The van der Waals surface area contributed by atoms with Crippen LogP contribution in [-0.4, -0.2) is 18.1 Å². The van der Waals surface area contributed by atoms with Crippen LogP contribution in [0.4, 0.5) is 0 Å². The van der Waals surface area contributed by atoms with E-state index in [4.69, 9.17) is 4.74 Å². The van der Waals surface area contributed by atoms with Crippen LogP contribution in [0.3, 0.4) is 0 Å². The highest BCUT2D eigenvalue weighted by Gasteiger charge is 2.24. The molecule has 124 valence electrons. The van der Waals surface area contributed by atoms with Crippen molar-refractivity contribution in [1.29, 1.82) is 0 Å². The van der Waals surface area contributed by atoms with Crippen molar-refractivity contribution in [2.24, 2.45) is 0 Å². The summed E-state index contributed by atoms with van der Waals surface area (Å²) in [6.07, 6.45) is 0. The molecule has 1 heterocycles. The van der Waals surface area contributed by atoms with Crippen LogP contribution in [-0.2, 0) is 11.3 Å². The summed E-state index contributed by atoms with van der Waals surface area (Å²) in [5, 5.41) is 0. The Kier molecular flexibility index (Phi) is 4.51. The van der Waals surface area contributed by atoms with E-state index < -0.39 is 0 Å². The smallest absolute Gasteiger partial charge is 0.150 e. The van der Waals surface area contributed by atoms with E-state index in [1.165, 1.54) is 16.8 Å². The average molecular weight is 327 g/mol. The van der Waals surface area contributed by atoms with Gasteiger partial charge >= 0.3 is 0 Å². The molecular formula is C23H21NO. The maximum Gasteiger partial charge on any atom is 0.150 e. The fourth-order valence-electron chi connectivity index (χ4n) is 3.26. The third-order valence-corrected chi connectivity index (χ3v) is 4.44. The molecule has 0 saturated carbocycles. The monoisotopic (exact) mass is 327 g/mol. The molecule has 0 fully saturated rings. The second-order valence-electron chi connectivity index (χ2n) is 6.17. The van der Waals surface area contributed by atoms with E-state index in [1.54, 1.807) is 0 Å². The molecule has 0 N–H and O–H groups in total. The average Bonchev–Trinajstić information content (AvgIpc) is 2.70. The van der Waals surface area contributed by atoms with E-state index in [-0.39, 0.29) is 0 Å². The summed E-state index contributed by atoms with van der Waals surface area (Å²) in [7, 11) is 0. The van der Waals surface area contributed by atoms with Crippen molar-refractivity contribution in [1.82, 2.24) is 4.90 Å². The highest BCUT2D eigenvalue weighted by Crippen LogP contribution is 2.34. The Morgan fingerprint density at radius 2 is 1.24 bits per heavy atom. The van der Waals surface area contributed by atoms with E-state index in [0.717, 1.165) is 24.4 Å². The van der Waals surface area contributed by atoms with Crippen LogP contribution in [0.1, 0.15) is 16.7 Å². The molecule has 0 atom stereocenters. The topological polar surface area (TPSA) is 12.5 Å². The van der Waals surface area contributed by atoms with Gasteiger partial charge in [0.05, 0.1) is 12.2 Å². The van der Waals surface area contributed by atoms with Crippen molar-refractivity contribution in [3.63, 3.8) is 0 Å². The molecule has 1 aliphatic heterocycles. The van der Waals surface area contributed by atoms with E-state index in [0.29, 0.717) is 6.61 Å². The lowest BCUT2D eigenvalue weighted by Crippen LogP contribution is -2.31. The molecule has 2 nitrogen and oxygen atoms in total. The van der Waals surface area contributed by atoms with Gasteiger partial charge in [0.15, 0.2) is 5.76 Å². The van der Waals surface area contributed by atoms with E-state index in [1.807, 2.05) is 6.07 Å². The normalized spacial score (nSPS) is 14.3. The first-order valence-corrected chi connectivity index (χ1v) is 8.68. The lowest BCUT2D eigenvalue weighted by atomic mass is 10.0. The molecule has 3 aromatic carbocycles. The molecule has 0 aromatic heterocycles. The maximum atomic E-state index is 6.14. The zero-order chi connectivity index (χ0) is 16.9. The van der Waals surface area contributed by atoms with Crippen molar-refractivity contribution >= 4 is 11.5 Å². The second-order valence-corrected chi connectivity index (χ2v) is 6.17. The molecule has 0 spiro atoms. The Labute approximate surface area is 149 Å². The first-order chi connectivity index (χ1) is 12.4. The van der Waals surface area contributed by atoms with Gasteiger partial charge in [0.2, 0.25) is 0 Å². The summed E-state index contributed by atoms with van der Waals surface area (Å²) < 4.78 is 6.14. The Morgan fingerprint density at radius 3 is 1.88 bits per heavy atom. The molecule has 0 aliphatic carbocycles. The number of hydrogen-bond acceptors (Lipinski definition) is 2. The first kappa shape index (κ1) is 15.5. The maximum absolute atomic E-state index is 6.14. The summed E-state index contributed by atoms with van der Waals surface area (Å²) in [5.74, 6) is 0.967. The Morgan fingerprint density at radius 1 is 0.680 bits per heavy atom. The van der Waals surface area contributed by atoms with E-state index in [2.05, 4.69) is 89.8 Å². The summed E-state index contributed by atoms with van der Waals surface area (Å²) in [6.45, 7) is 2.47. The molecular weight excluding hydrogens is 306 g/mol. The Hall–Kier alpha value is -3.00. The first-order valence-electron chi connectivity index (χ1n) is 8.68. The van der Waals surface area contributed by atoms with Crippen LogP contribution >= 0.6 is 0 Å². The van der Waals surface area contributed by atoms with Gasteiger partial charge in [-0.1, -0.05) is 91.0 Å². The largest absolute Gasteiger partial charge is 0.489 e. The van der Waals surface area contributed by atoms with Crippen LogP contribution in [0.15, 0.2) is 91.0 Å². The highest BCUT2D eigenvalue weighted by molar-refractivity contribution is 5.87. The number of hydrogen-bond donors (Lipinski definition) is 0. The number of benzene rings is 3. The predicted molar refractivity (Wildman–Crippen MR) is 103 cm³/mol. The molecule has 1 aliphatic rings. The van der Waals surface area contributed by atoms with Gasteiger partial charge in [-0.15, -0.1) is 0 Å². The van der Waals surface area contributed by atoms with Gasteiger partial charge < -0.3 is 9.64 Å². The molecule has 0 bridgehead atoms. The minimum atomic E-state index is 0.702. The van der Waals surface area contributed by atoms with Gasteiger partial charge in [0, 0.05) is 17.7 Å². The lowest BCUT2D eigenvalue weighted by Gasteiger charge is -2.34. The lowest BCUT2D eigenvalue weighted by molar-refractivity contribution is 0.203. The van der Waals surface area contributed by atoms with Crippen molar-refractivity contribution in [3.8, 4) is 0 Å². The molecule has 0 saturated heterocycles. The van der Waals surface area contributed by atoms with Crippen molar-refractivity contribution in [3.05, 3.63) is 108 Å². The quantitative estimate of drug-likeness (QED) is 0.665. The van der Waals surface area contributed by atoms with Gasteiger partial charge in [-0.3, -0.25) is 0 Å². The molecule has 2 heteroatoms. The van der Waals surface area contributed by atoms with E-state index in [9.17, 15) is 0 Å². The molecule has 0 amide bonds. The summed E-state index contributed by atoms with van der Waals surface area (Å²) in [5.41, 5.74) is 4.79. The van der Waals surface area contributed by atoms with Gasteiger partial charge in [0.25, 0.3) is 0 Å². The van der Waals surface area contributed by atoms with Crippen LogP contribution in [0.25, 0.3) is 11.5 Å². The van der Waals surface area contributed by atoms with Crippen LogP contribution < -0.4 is 0 Å². The van der Waals surface area contributed by atoms with Crippen molar-refractivity contribution in [2.75, 3.05) is 13.2 Å². The van der Waals surface area contributed by atoms with Gasteiger partial charge in [-0.2, -0.15) is 0 Å². The summed E-state index contributed by atoms with van der Waals surface area (Å²) in [4.78, 5) is 2.43. The third-order valence-electron chi connectivity index (χ3n) is 4.44. The van der Waals surface area contributed by atoms with Gasteiger partial charge in [-0.25, -0.2) is 0 Å². The zero-order valence-electron chi connectivity index (χ0n) is 14.1. The zero-order valence-corrected chi connectivity index (χ0v) is 14.1. The van der Waals surface area contributed by atoms with Crippen LogP contribution in [0.5, 0.6) is 0 Å². The molecule has 0 radical (unpaired) electrons. The highest BCUT2D eigenvalue weighted by atomic mass is 16.5. The van der Waals surface area contributed by atoms with Gasteiger partial charge in [0.1, 0.15) is 6.61 Å². The number of nitrogens with zero attached hydrogens (tertiary/aromatic N) is 1. The minimum Gasteiger partial charge on any atom is -0.489 e. The predicted octanol–water partition coefficient (Wildman–Crippen LogP) is 5.04. The standard InChI is InChI=1S/C23H21NO/c1-4-10-19(11-5-1)18-24-16-17-25-23(21-14-8-3-9-15-21)22(24)20-12-6-2-7-13-20/h1-15H,16-18H2. The number of ether oxygens (including phenoxy) is 1. The van der Waals surface area contributed by atoms with E-state index >= 15 is 0 Å². The minimum absolute atomic E-state index is 0.702.